The van der Waals surface area contributed by atoms with E-state index in [0.717, 1.165) is 24.8 Å². The van der Waals surface area contributed by atoms with E-state index in [1.165, 1.54) is 11.8 Å². The molecule has 0 radical (unpaired) electrons. The molecule has 1 saturated carbocycles. The van der Waals surface area contributed by atoms with Crippen molar-refractivity contribution in [2.24, 2.45) is 0 Å². The number of nitrogens with zero attached hydrogens (tertiary/aromatic N) is 5. The lowest BCUT2D eigenvalue weighted by molar-refractivity contribution is -0.121. The van der Waals surface area contributed by atoms with Gasteiger partial charge >= 0.3 is 0 Å². The summed E-state index contributed by atoms with van der Waals surface area (Å²) in [5, 5.41) is 21.4. The zero-order valence-electron chi connectivity index (χ0n) is 16.0. The molecule has 0 aliphatic heterocycles. The quantitative estimate of drug-likeness (QED) is 0.569. The molecule has 1 aliphatic carbocycles. The first-order valence-corrected chi connectivity index (χ1v) is 10.3. The Labute approximate surface area is 169 Å². The third kappa shape index (κ3) is 4.42. The van der Waals surface area contributed by atoms with Crippen LogP contribution in [0.25, 0.3) is 11.4 Å². The largest absolute Gasteiger partial charge is 0.337 e. The van der Waals surface area contributed by atoms with Gasteiger partial charge in [-0.05, 0) is 31.9 Å². The van der Waals surface area contributed by atoms with E-state index in [1.807, 2.05) is 23.6 Å². The Morgan fingerprint density at radius 2 is 2.11 bits per heavy atom. The van der Waals surface area contributed by atoms with Gasteiger partial charge in [0, 0.05) is 24.5 Å². The Bertz CT molecular complexity index is 867. The minimum absolute atomic E-state index is 0.146. The summed E-state index contributed by atoms with van der Waals surface area (Å²) in [5.74, 6) is 0.560. The SMILES string of the molecule is C=CCn1c(S[C@@H](C)C(=O)NC2(C#N)CCCCC2)nnc1-c1ccncc1. The average molecular weight is 397 g/mol. The van der Waals surface area contributed by atoms with E-state index in [-0.39, 0.29) is 5.91 Å². The highest BCUT2D eigenvalue weighted by Gasteiger charge is 2.35. The first-order valence-electron chi connectivity index (χ1n) is 9.43. The Hall–Kier alpha value is -2.66. The zero-order valence-corrected chi connectivity index (χ0v) is 16.8. The number of pyridine rings is 1. The van der Waals surface area contributed by atoms with Crippen LogP contribution in [0.5, 0.6) is 0 Å². The van der Waals surface area contributed by atoms with Crippen molar-refractivity contribution in [1.29, 1.82) is 5.26 Å². The number of thioether (sulfide) groups is 1. The number of nitrogens with one attached hydrogen (secondary N) is 1. The van der Waals surface area contributed by atoms with Crippen molar-refractivity contribution in [3.05, 3.63) is 37.2 Å². The number of carbonyl (C=O) groups is 1. The topological polar surface area (TPSA) is 96.5 Å². The summed E-state index contributed by atoms with van der Waals surface area (Å²) in [6.07, 6.45) is 9.67. The summed E-state index contributed by atoms with van der Waals surface area (Å²) in [6.45, 7) is 6.17. The number of carbonyl (C=O) groups excluding carboxylic acids is 1. The van der Waals surface area contributed by atoms with Crippen LogP contribution in [0.4, 0.5) is 0 Å². The lowest BCUT2D eigenvalue weighted by atomic mass is 9.83. The Morgan fingerprint density at radius 3 is 2.75 bits per heavy atom. The van der Waals surface area contributed by atoms with Gasteiger partial charge in [-0.3, -0.25) is 14.3 Å². The van der Waals surface area contributed by atoms with Gasteiger partial charge in [0.25, 0.3) is 0 Å². The highest BCUT2D eigenvalue weighted by Crippen LogP contribution is 2.30. The summed E-state index contributed by atoms with van der Waals surface area (Å²) in [5.41, 5.74) is 0.167. The summed E-state index contributed by atoms with van der Waals surface area (Å²) in [7, 11) is 0. The lowest BCUT2D eigenvalue weighted by Crippen LogP contribution is -2.51. The highest BCUT2D eigenvalue weighted by atomic mass is 32.2. The second kappa shape index (κ2) is 9.02. The molecule has 2 aromatic rings. The van der Waals surface area contributed by atoms with Gasteiger partial charge in [-0.1, -0.05) is 37.1 Å². The molecule has 146 valence electrons. The van der Waals surface area contributed by atoms with Crippen LogP contribution in [0.2, 0.25) is 0 Å². The van der Waals surface area contributed by atoms with Crippen LogP contribution >= 0.6 is 11.8 Å². The van der Waals surface area contributed by atoms with Gasteiger partial charge < -0.3 is 5.32 Å². The van der Waals surface area contributed by atoms with Crippen LogP contribution in [-0.4, -0.2) is 36.4 Å². The van der Waals surface area contributed by atoms with Gasteiger partial charge in [0.15, 0.2) is 11.0 Å². The van der Waals surface area contributed by atoms with Crippen molar-refractivity contribution >= 4 is 17.7 Å². The van der Waals surface area contributed by atoms with E-state index >= 15 is 0 Å². The van der Waals surface area contributed by atoms with Crippen molar-refractivity contribution in [2.45, 2.75) is 61.5 Å². The number of hydrogen-bond acceptors (Lipinski definition) is 6. The Balaban J connectivity index is 1.75. The number of amides is 1. The van der Waals surface area contributed by atoms with Crippen LogP contribution in [0.15, 0.2) is 42.3 Å². The second-order valence-electron chi connectivity index (χ2n) is 6.95. The molecule has 1 aliphatic rings. The average Bonchev–Trinajstić information content (AvgIpc) is 3.12. The predicted octanol–water partition coefficient (Wildman–Crippen LogP) is 3.35. The minimum atomic E-state index is -0.735. The predicted molar refractivity (Wildman–Crippen MR) is 108 cm³/mol. The second-order valence-corrected chi connectivity index (χ2v) is 8.25. The molecule has 1 atom stereocenters. The fraction of sp³-hybridized carbons (Fsp3) is 0.450. The number of hydrogen-bond donors (Lipinski definition) is 1. The smallest absolute Gasteiger partial charge is 0.234 e. The van der Waals surface area contributed by atoms with E-state index in [0.29, 0.717) is 30.4 Å². The Kier molecular flexibility index (Phi) is 6.47. The number of rotatable bonds is 7. The molecule has 28 heavy (non-hydrogen) atoms. The fourth-order valence-electron chi connectivity index (χ4n) is 3.35. The van der Waals surface area contributed by atoms with E-state index in [4.69, 9.17) is 0 Å². The first kappa shape index (κ1) is 20.1. The normalized spacial score (nSPS) is 16.7. The summed E-state index contributed by atoms with van der Waals surface area (Å²) in [6, 6.07) is 6.07. The first-order chi connectivity index (χ1) is 13.6. The van der Waals surface area contributed by atoms with Gasteiger partial charge in [0.05, 0.1) is 11.3 Å². The third-order valence-corrected chi connectivity index (χ3v) is 5.98. The molecular weight excluding hydrogens is 372 g/mol. The summed E-state index contributed by atoms with van der Waals surface area (Å²) < 4.78 is 1.93. The van der Waals surface area contributed by atoms with Crippen molar-refractivity contribution in [3.63, 3.8) is 0 Å². The molecule has 2 heterocycles. The van der Waals surface area contributed by atoms with E-state index in [1.54, 1.807) is 18.5 Å². The maximum absolute atomic E-state index is 12.8. The molecule has 0 saturated heterocycles. The van der Waals surface area contributed by atoms with Gasteiger partial charge in [-0.25, -0.2) is 0 Å². The number of nitriles is 1. The molecule has 2 aromatic heterocycles. The van der Waals surface area contributed by atoms with E-state index < -0.39 is 10.8 Å². The standard InChI is InChI=1S/C20H24N6OS/c1-3-13-26-17(16-7-11-22-12-8-16)24-25-19(26)28-15(2)18(27)23-20(14-21)9-5-4-6-10-20/h3,7-8,11-12,15H,1,4-6,9-10,13H2,2H3,(H,23,27)/t15-/m0/s1. The van der Waals surface area contributed by atoms with Crippen molar-refractivity contribution in [3.8, 4) is 17.5 Å². The molecule has 7 nitrogen and oxygen atoms in total. The van der Waals surface area contributed by atoms with Crippen molar-refractivity contribution < 1.29 is 4.79 Å². The van der Waals surface area contributed by atoms with E-state index in [9.17, 15) is 10.1 Å². The lowest BCUT2D eigenvalue weighted by Gasteiger charge is -2.32. The maximum atomic E-state index is 12.8. The molecule has 0 aromatic carbocycles. The molecule has 1 fully saturated rings. The van der Waals surface area contributed by atoms with Gasteiger partial charge in [-0.15, -0.1) is 16.8 Å². The number of allylic oxidation sites excluding steroid dienone is 1. The summed E-state index contributed by atoms with van der Waals surface area (Å²) >= 11 is 1.34. The zero-order chi connectivity index (χ0) is 20.0. The van der Waals surface area contributed by atoms with Crippen LogP contribution in [0, 0.1) is 11.3 Å². The highest BCUT2D eigenvalue weighted by molar-refractivity contribution is 8.00. The molecule has 3 rings (SSSR count). The van der Waals surface area contributed by atoms with Crippen molar-refractivity contribution in [2.75, 3.05) is 0 Å². The molecule has 8 heteroatoms. The van der Waals surface area contributed by atoms with Crippen LogP contribution in [0.3, 0.4) is 0 Å². The van der Waals surface area contributed by atoms with E-state index in [2.05, 4.69) is 33.1 Å². The third-order valence-electron chi connectivity index (χ3n) is 4.90. The molecule has 1 N–H and O–H groups in total. The molecule has 1 amide bonds. The monoisotopic (exact) mass is 396 g/mol. The van der Waals surface area contributed by atoms with Crippen molar-refractivity contribution in [1.82, 2.24) is 25.1 Å². The molecule has 0 bridgehead atoms. The minimum Gasteiger partial charge on any atom is -0.337 e. The summed E-state index contributed by atoms with van der Waals surface area (Å²) in [4.78, 5) is 16.8. The van der Waals surface area contributed by atoms with Gasteiger partial charge in [-0.2, -0.15) is 5.26 Å². The van der Waals surface area contributed by atoms with Gasteiger partial charge in [0.1, 0.15) is 5.54 Å². The molecule has 0 unspecified atom stereocenters. The van der Waals surface area contributed by atoms with Crippen LogP contribution < -0.4 is 5.32 Å². The maximum Gasteiger partial charge on any atom is 0.234 e. The van der Waals surface area contributed by atoms with Gasteiger partial charge in [0.2, 0.25) is 5.91 Å². The van der Waals surface area contributed by atoms with Crippen LogP contribution in [-0.2, 0) is 11.3 Å². The molecule has 0 spiro atoms. The number of aromatic nitrogens is 4. The fourth-order valence-corrected chi connectivity index (χ4v) is 4.21. The Morgan fingerprint density at radius 1 is 1.39 bits per heavy atom. The molecular formula is C20H24N6OS. The van der Waals surface area contributed by atoms with Crippen LogP contribution in [0.1, 0.15) is 39.0 Å².